The third-order valence-corrected chi connectivity index (χ3v) is 3.57. The number of aryl methyl sites for hydroxylation is 1. The molecule has 1 unspecified atom stereocenters. The molecular weight excluding hydrogens is 250 g/mol. The molecule has 5 nitrogen and oxygen atoms in total. The average molecular weight is 267 g/mol. The first-order valence-corrected chi connectivity index (χ1v) is 6.42. The highest BCUT2D eigenvalue weighted by Crippen LogP contribution is 2.28. The lowest BCUT2D eigenvalue weighted by Crippen LogP contribution is -2.32. The van der Waals surface area contributed by atoms with E-state index in [-0.39, 0.29) is 11.5 Å². The van der Waals surface area contributed by atoms with E-state index in [4.69, 9.17) is 12.2 Å². The fraction of sp³-hybridized carbons (Fsp3) is 0.583. The van der Waals surface area contributed by atoms with Crippen molar-refractivity contribution >= 4 is 18.2 Å². The number of likely N-dealkylation sites (N-methyl/N-ethyl adjacent to an activating group) is 1. The maximum Gasteiger partial charge on any atom is 0.339 e. The topological polar surface area (TPSA) is 69.2 Å². The predicted molar refractivity (Wildman–Crippen MR) is 70.6 cm³/mol. The van der Waals surface area contributed by atoms with Crippen LogP contribution in [-0.2, 0) is 0 Å². The lowest BCUT2D eigenvalue weighted by atomic mass is 9.91. The minimum Gasteiger partial charge on any atom is -0.478 e. The first-order chi connectivity index (χ1) is 8.49. The molecule has 2 rings (SSSR count). The molecule has 0 bridgehead atoms. The van der Waals surface area contributed by atoms with Crippen molar-refractivity contribution < 1.29 is 9.90 Å². The molecule has 1 fully saturated rings. The number of rotatable bonds is 2. The lowest BCUT2D eigenvalue weighted by Gasteiger charge is -2.30. The summed E-state index contributed by atoms with van der Waals surface area (Å²) < 4.78 is 0.362. The van der Waals surface area contributed by atoms with Crippen molar-refractivity contribution in [2.24, 2.45) is 0 Å². The van der Waals surface area contributed by atoms with Crippen LogP contribution in [0.3, 0.4) is 0 Å². The van der Waals surface area contributed by atoms with Gasteiger partial charge in [-0.1, -0.05) is 0 Å². The molecule has 98 valence electrons. The average Bonchev–Trinajstić information content (AvgIpc) is 2.27. The van der Waals surface area contributed by atoms with E-state index in [2.05, 4.69) is 14.9 Å². The number of piperidine rings is 1. The van der Waals surface area contributed by atoms with Crippen LogP contribution in [0.15, 0.2) is 0 Å². The molecule has 0 spiro atoms. The van der Waals surface area contributed by atoms with Gasteiger partial charge in [-0.05, 0) is 45.6 Å². The van der Waals surface area contributed by atoms with Gasteiger partial charge in [-0.25, -0.2) is 9.78 Å². The van der Waals surface area contributed by atoms with Crippen LogP contribution in [-0.4, -0.2) is 46.1 Å². The largest absolute Gasteiger partial charge is 0.478 e. The van der Waals surface area contributed by atoms with E-state index in [0.717, 1.165) is 25.9 Å². The number of aromatic amines is 1. The zero-order valence-electron chi connectivity index (χ0n) is 10.6. The van der Waals surface area contributed by atoms with Crippen molar-refractivity contribution in [3.8, 4) is 0 Å². The minimum absolute atomic E-state index is 0.157. The Bertz CT molecular complexity index is 527. The van der Waals surface area contributed by atoms with Crippen molar-refractivity contribution in [1.82, 2.24) is 14.9 Å². The highest BCUT2D eigenvalue weighted by molar-refractivity contribution is 7.71. The molecule has 1 aliphatic rings. The Kier molecular flexibility index (Phi) is 3.77. The molecule has 0 radical (unpaired) electrons. The number of carboxylic acid groups (broad SMARTS) is 1. The smallest absolute Gasteiger partial charge is 0.339 e. The highest BCUT2D eigenvalue weighted by Gasteiger charge is 2.26. The molecular formula is C12H17N3O2S. The zero-order valence-corrected chi connectivity index (χ0v) is 11.4. The second kappa shape index (κ2) is 5.16. The number of nitrogens with zero attached hydrogens (tertiary/aromatic N) is 2. The highest BCUT2D eigenvalue weighted by atomic mass is 32.1. The van der Waals surface area contributed by atoms with Gasteiger partial charge in [0.25, 0.3) is 0 Å². The fourth-order valence-electron chi connectivity index (χ4n) is 2.56. The molecule has 1 aromatic rings. The number of likely N-dealkylation sites (tertiary alicyclic amines) is 1. The summed E-state index contributed by atoms with van der Waals surface area (Å²) in [6, 6.07) is 0. The normalized spacial score (nSPS) is 20.9. The Morgan fingerprint density at radius 1 is 1.61 bits per heavy atom. The van der Waals surface area contributed by atoms with Crippen LogP contribution in [0.25, 0.3) is 0 Å². The second-order valence-electron chi connectivity index (χ2n) is 4.83. The molecule has 0 amide bonds. The summed E-state index contributed by atoms with van der Waals surface area (Å²) in [5.74, 6) is -0.778. The Labute approximate surface area is 111 Å². The van der Waals surface area contributed by atoms with E-state index in [0.29, 0.717) is 16.2 Å². The van der Waals surface area contributed by atoms with Gasteiger partial charge in [-0.15, -0.1) is 0 Å². The molecule has 18 heavy (non-hydrogen) atoms. The number of nitrogens with one attached hydrogen (secondary N) is 1. The Balaban J connectivity index is 2.48. The molecule has 1 saturated heterocycles. The van der Waals surface area contributed by atoms with Crippen molar-refractivity contribution in [3.63, 3.8) is 0 Å². The van der Waals surface area contributed by atoms with Crippen LogP contribution in [0, 0.1) is 11.7 Å². The molecule has 0 saturated carbocycles. The summed E-state index contributed by atoms with van der Waals surface area (Å²) in [7, 11) is 2.04. The number of hydrogen-bond donors (Lipinski definition) is 2. The molecule has 1 aliphatic heterocycles. The Hall–Kier alpha value is -1.27. The van der Waals surface area contributed by atoms with Gasteiger partial charge >= 0.3 is 5.97 Å². The molecule has 2 N–H and O–H groups in total. The quantitative estimate of drug-likeness (QED) is 0.802. The summed E-state index contributed by atoms with van der Waals surface area (Å²) in [6.07, 6.45) is 2.03. The van der Waals surface area contributed by atoms with Crippen molar-refractivity contribution in [2.45, 2.75) is 25.7 Å². The first-order valence-electron chi connectivity index (χ1n) is 6.01. The summed E-state index contributed by atoms with van der Waals surface area (Å²) in [5, 5.41) is 9.33. The third-order valence-electron chi connectivity index (χ3n) is 3.37. The zero-order chi connectivity index (χ0) is 13.3. The molecule has 0 aromatic carbocycles. The van der Waals surface area contributed by atoms with Gasteiger partial charge in [0.1, 0.15) is 5.56 Å². The second-order valence-corrected chi connectivity index (χ2v) is 5.22. The summed E-state index contributed by atoms with van der Waals surface area (Å²) in [6.45, 7) is 3.63. The minimum atomic E-state index is -0.936. The van der Waals surface area contributed by atoms with Crippen molar-refractivity contribution in [3.05, 3.63) is 21.7 Å². The van der Waals surface area contributed by atoms with Gasteiger partial charge in [0.15, 0.2) is 4.77 Å². The SMILES string of the molecule is Cc1[nH]c(=S)nc(C2CCCN(C)C2)c1C(=O)O. The maximum atomic E-state index is 11.4. The number of carboxylic acids is 1. The Morgan fingerprint density at radius 3 is 2.94 bits per heavy atom. The van der Waals surface area contributed by atoms with Gasteiger partial charge in [-0.3, -0.25) is 0 Å². The van der Waals surface area contributed by atoms with E-state index in [9.17, 15) is 9.90 Å². The third kappa shape index (κ3) is 2.59. The fourth-order valence-corrected chi connectivity index (χ4v) is 2.81. The van der Waals surface area contributed by atoms with E-state index in [1.165, 1.54) is 0 Å². The monoisotopic (exact) mass is 267 g/mol. The Morgan fingerprint density at radius 2 is 2.33 bits per heavy atom. The van der Waals surface area contributed by atoms with E-state index in [1.807, 2.05) is 7.05 Å². The van der Waals surface area contributed by atoms with E-state index in [1.54, 1.807) is 6.92 Å². The summed E-state index contributed by atoms with van der Waals surface area (Å²) >= 11 is 5.06. The van der Waals surface area contributed by atoms with Gasteiger partial charge in [-0.2, -0.15) is 0 Å². The maximum absolute atomic E-state index is 11.4. The van der Waals surface area contributed by atoms with Crippen LogP contribution < -0.4 is 0 Å². The van der Waals surface area contributed by atoms with Crippen LogP contribution in [0.2, 0.25) is 0 Å². The van der Waals surface area contributed by atoms with Gasteiger partial charge < -0.3 is 15.0 Å². The van der Waals surface area contributed by atoms with Crippen molar-refractivity contribution in [1.29, 1.82) is 0 Å². The summed E-state index contributed by atoms with van der Waals surface area (Å²) in [4.78, 5) is 20.7. The molecule has 6 heteroatoms. The number of aromatic nitrogens is 2. The van der Waals surface area contributed by atoms with Gasteiger partial charge in [0.05, 0.1) is 5.69 Å². The van der Waals surface area contributed by atoms with Crippen LogP contribution in [0.1, 0.15) is 40.5 Å². The molecule has 1 aromatic heterocycles. The van der Waals surface area contributed by atoms with Gasteiger partial charge in [0, 0.05) is 18.2 Å². The van der Waals surface area contributed by atoms with E-state index < -0.39 is 5.97 Å². The van der Waals surface area contributed by atoms with Crippen LogP contribution >= 0.6 is 12.2 Å². The number of hydrogen-bond acceptors (Lipinski definition) is 4. The first kappa shape index (κ1) is 13.2. The van der Waals surface area contributed by atoms with E-state index >= 15 is 0 Å². The number of carbonyl (C=O) groups is 1. The predicted octanol–water partition coefficient (Wildman–Crippen LogP) is 1.96. The van der Waals surface area contributed by atoms with Crippen LogP contribution in [0.5, 0.6) is 0 Å². The molecule has 2 heterocycles. The number of aromatic carboxylic acids is 1. The van der Waals surface area contributed by atoms with Gasteiger partial charge in [0.2, 0.25) is 0 Å². The summed E-state index contributed by atoms with van der Waals surface area (Å²) in [5.41, 5.74) is 1.50. The molecule has 0 aliphatic carbocycles. The number of H-pyrrole nitrogens is 1. The van der Waals surface area contributed by atoms with Crippen molar-refractivity contribution in [2.75, 3.05) is 20.1 Å². The van der Waals surface area contributed by atoms with Crippen LogP contribution in [0.4, 0.5) is 0 Å². The lowest BCUT2D eigenvalue weighted by molar-refractivity contribution is 0.0692. The standard InChI is InChI=1S/C12H17N3O2S/c1-7-9(11(16)17)10(14-12(18)13-7)8-4-3-5-15(2)6-8/h8H,3-6H2,1-2H3,(H,16,17)(H,13,14,18). The molecule has 1 atom stereocenters.